The van der Waals surface area contributed by atoms with E-state index in [1.807, 2.05) is 4.72 Å². The van der Waals surface area contributed by atoms with E-state index >= 15 is 0 Å². The van der Waals surface area contributed by atoms with E-state index in [9.17, 15) is 21.6 Å². The molecule has 0 saturated heterocycles. The molecule has 7 heteroatoms. The van der Waals surface area contributed by atoms with Crippen LogP contribution in [0.5, 0.6) is 0 Å². The van der Waals surface area contributed by atoms with Crippen molar-refractivity contribution >= 4 is 15.7 Å². The second-order valence-corrected chi connectivity index (χ2v) is 7.91. The van der Waals surface area contributed by atoms with Gasteiger partial charge in [-0.15, -0.1) is 0 Å². The monoisotopic (exact) mass is 369 g/mol. The summed E-state index contributed by atoms with van der Waals surface area (Å²) in [5, 5.41) is 0. The van der Waals surface area contributed by atoms with Gasteiger partial charge in [0, 0.05) is 0 Å². The second-order valence-electron chi connectivity index (χ2n) is 6.23. The van der Waals surface area contributed by atoms with Crippen molar-refractivity contribution < 1.29 is 21.6 Å². The molecule has 1 saturated carbocycles. The predicted molar refractivity (Wildman–Crippen MR) is 89.4 cm³/mol. The Kier molecular flexibility index (Phi) is 5.03. The van der Waals surface area contributed by atoms with Crippen LogP contribution < -0.4 is 4.72 Å². The van der Waals surface area contributed by atoms with Crippen molar-refractivity contribution in [2.45, 2.75) is 42.9 Å². The molecule has 0 amide bonds. The van der Waals surface area contributed by atoms with Crippen molar-refractivity contribution in [3.63, 3.8) is 0 Å². The van der Waals surface area contributed by atoms with Gasteiger partial charge in [-0.25, -0.2) is 21.6 Å². The van der Waals surface area contributed by atoms with Crippen LogP contribution in [0.25, 0.3) is 0 Å². The lowest BCUT2D eigenvalue weighted by Crippen LogP contribution is -2.15. The molecular weight excluding hydrogens is 351 g/mol. The Morgan fingerprint density at radius 3 is 2.12 bits per heavy atom. The van der Waals surface area contributed by atoms with Gasteiger partial charge in [-0.2, -0.15) is 0 Å². The van der Waals surface area contributed by atoms with Crippen LogP contribution in [0, 0.1) is 17.5 Å². The van der Waals surface area contributed by atoms with Crippen molar-refractivity contribution in [2.75, 3.05) is 4.72 Å². The maximum absolute atomic E-state index is 13.7. The molecule has 25 heavy (non-hydrogen) atoms. The Morgan fingerprint density at radius 2 is 1.48 bits per heavy atom. The van der Waals surface area contributed by atoms with Crippen LogP contribution in [-0.4, -0.2) is 8.42 Å². The summed E-state index contributed by atoms with van der Waals surface area (Å²) >= 11 is 0. The largest absolute Gasteiger partial charge is 0.277 e. The highest BCUT2D eigenvalue weighted by molar-refractivity contribution is 7.92. The zero-order valence-electron chi connectivity index (χ0n) is 13.4. The molecule has 3 nitrogen and oxygen atoms in total. The van der Waals surface area contributed by atoms with E-state index in [4.69, 9.17) is 0 Å². The van der Waals surface area contributed by atoms with E-state index in [-0.39, 0.29) is 4.90 Å². The van der Waals surface area contributed by atoms with Gasteiger partial charge in [0.05, 0.1) is 10.6 Å². The Balaban J connectivity index is 1.81. The van der Waals surface area contributed by atoms with E-state index in [2.05, 4.69) is 0 Å². The summed E-state index contributed by atoms with van der Waals surface area (Å²) in [6.07, 6.45) is 5.74. The summed E-state index contributed by atoms with van der Waals surface area (Å²) in [5.74, 6) is -4.23. The minimum atomic E-state index is -4.09. The molecule has 2 aromatic carbocycles. The summed E-state index contributed by atoms with van der Waals surface area (Å²) in [4.78, 5) is -0.0591. The lowest BCUT2D eigenvalue weighted by molar-refractivity contribution is 0.443. The Hall–Kier alpha value is -2.02. The highest BCUT2D eigenvalue weighted by Gasteiger charge is 2.21. The normalized spacial score (nSPS) is 16.0. The number of sulfonamides is 1. The summed E-state index contributed by atoms with van der Waals surface area (Å²) in [6, 6.07) is 7.93. The quantitative estimate of drug-likeness (QED) is 0.775. The van der Waals surface area contributed by atoms with Gasteiger partial charge >= 0.3 is 0 Å². The minimum absolute atomic E-state index is 0.0591. The Labute approximate surface area is 144 Å². The van der Waals surface area contributed by atoms with Gasteiger partial charge in [0.2, 0.25) is 0 Å². The van der Waals surface area contributed by atoms with Crippen molar-refractivity contribution in [3.05, 3.63) is 59.4 Å². The van der Waals surface area contributed by atoms with Crippen LogP contribution in [0.15, 0.2) is 41.3 Å². The first kappa shape index (κ1) is 17.8. The minimum Gasteiger partial charge on any atom is -0.277 e. The van der Waals surface area contributed by atoms with Gasteiger partial charge in [-0.05, 0) is 48.6 Å². The zero-order chi connectivity index (χ0) is 18.0. The molecule has 0 atom stereocenters. The van der Waals surface area contributed by atoms with Gasteiger partial charge in [0.1, 0.15) is 0 Å². The van der Waals surface area contributed by atoms with Crippen LogP contribution in [-0.2, 0) is 10.0 Å². The van der Waals surface area contributed by atoms with Crippen molar-refractivity contribution in [3.8, 4) is 0 Å². The molecule has 0 radical (unpaired) electrons. The molecule has 0 spiro atoms. The number of nitrogens with one attached hydrogen (secondary N) is 1. The third-order valence-electron chi connectivity index (χ3n) is 4.55. The van der Waals surface area contributed by atoms with Gasteiger partial charge in [0.25, 0.3) is 10.0 Å². The van der Waals surface area contributed by atoms with Crippen LogP contribution in [0.2, 0.25) is 0 Å². The van der Waals surface area contributed by atoms with Crippen LogP contribution >= 0.6 is 0 Å². The highest BCUT2D eigenvalue weighted by atomic mass is 32.2. The van der Waals surface area contributed by atoms with E-state index in [0.717, 1.165) is 24.5 Å². The summed E-state index contributed by atoms with van der Waals surface area (Å²) < 4.78 is 66.5. The summed E-state index contributed by atoms with van der Waals surface area (Å²) in [5.41, 5.74) is 0.452. The third kappa shape index (κ3) is 3.81. The molecule has 1 fully saturated rings. The molecule has 0 heterocycles. The van der Waals surface area contributed by atoms with Gasteiger partial charge in [0.15, 0.2) is 17.5 Å². The van der Waals surface area contributed by atoms with Crippen LogP contribution in [0.4, 0.5) is 18.9 Å². The molecule has 0 unspecified atom stereocenters. The lowest BCUT2D eigenvalue weighted by atomic mass is 9.84. The molecule has 0 bridgehead atoms. The Morgan fingerprint density at radius 1 is 0.840 bits per heavy atom. The third-order valence-corrected chi connectivity index (χ3v) is 5.93. The molecule has 1 N–H and O–H groups in total. The Bertz CT molecular complexity index is 861. The first-order chi connectivity index (χ1) is 11.9. The number of halogens is 3. The molecule has 0 aromatic heterocycles. The second kappa shape index (κ2) is 7.07. The van der Waals surface area contributed by atoms with Crippen LogP contribution in [0.3, 0.4) is 0 Å². The topological polar surface area (TPSA) is 46.2 Å². The first-order valence-electron chi connectivity index (χ1n) is 8.15. The van der Waals surface area contributed by atoms with E-state index in [0.29, 0.717) is 12.0 Å². The van der Waals surface area contributed by atoms with E-state index in [1.165, 1.54) is 31.4 Å². The van der Waals surface area contributed by atoms with E-state index in [1.54, 1.807) is 12.1 Å². The molecule has 2 aromatic rings. The predicted octanol–water partition coefficient (Wildman–Crippen LogP) is 4.95. The number of hydrogen-bond donors (Lipinski definition) is 1. The fourth-order valence-electron chi connectivity index (χ4n) is 3.16. The van der Waals surface area contributed by atoms with Gasteiger partial charge in [-0.1, -0.05) is 31.4 Å². The van der Waals surface area contributed by atoms with Gasteiger partial charge in [-0.3, -0.25) is 4.72 Å². The average molecular weight is 369 g/mol. The molecular formula is C18H18F3NO2S. The van der Waals surface area contributed by atoms with Crippen molar-refractivity contribution in [1.29, 1.82) is 0 Å². The molecule has 1 aliphatic carbocycles. The van der Waals surface area contributed by atoms with Crippen molar-refractivity contribution in [2.24, 2.45) is 0 Å². The zero-order valence-corrected chi connectivity index (χ0v) is 14.3. The smallest absolute Gasteiger partial charge is 0.261 e. The number of hydrogen-bond acceptors (Lipinski definition) is 2. The average Bonchev–Trinajstić information content (AvgIpc) is 2.63. The maximum atomic E-state index is 13.7. The molecule has 3 rings (SSSR count). The number of rotatable bonds is 4. The van der Waals surface area contributed by atoms with Crippen LogP contribution in [0.1, 0.15) is 43.6 Å². The SMILES string of the molecule is O=S(=O)(Nc1ccc(F)c(F)c1F)c1ccc(C2CCCCC2)cc1. The highest BCUT2D eigenvalue weighted by Crippen LogP contribution is 2.33. The molecule has 0 aliphatic heterocycles. The lowest BCUT2D eigenvalue weighted by Gasteiger charge is -2.22. The molecule has 1 aliphatic rings. The van der Waals surface area contributed by atoms with E-state index < -0.39 is 33.2 Å². The summed E-state index contributed by atoms with van der Waals surface area (Å²) in [6.45, 7) is 0. The standard InChI is InChI=1S/C18H18F3NO2S/c19-15-10-11-16(18(21)17(15)20)22-25(23,24)14-8-6-13(7-9-14)12-4-2-1-3-5-12/h6-12,22H,1-5H2. The number of benzene rings is 2. The summed E-state index contributed by atoms with van der Waals surface area (Å²) in [7, 11) is -4.09. The fraction of sp³-hybridized carbons (Fsp3) is 0.333. The number of anilines is 1. The van der Waals surface area contributed by atoms with Crippen molar-refractivity contribution in [1.82, 2.24) is 0 Å². The fourth-order valence-corrected chi connectivity index (χ4v) is 4.22. The maximum Gasteiger partial charge on any atom is 0.261 e. The molecule has 134 valence electrons. The van der Waals surface area contributed by atoms with Gasteiger partial charge < -0.3 is 0 Å². The first-order valence-corrected chi connectivity index (χ1v) is 9.63.